The minimum absolute atomic E-state index is 0.0825. The Morgan fingerprint density at radius 1 is 1.21 bits per heavy atom. The van der Waals surface area contributed by atoms with Gasteiger partial charge in [0.15, 0.2) is 0 Å². The van der Waals surface area contributed by atoms with E-state index in [2.05, 4.69) is 33.1 Å². The van der Waals surface area contributed by atoms with Crippen LogP contribution in [0.3, 0.4) is 0 Å². The van der Waals surface area contributed by atoms with Gasteiger partial charge >= 0.3 is 0 Å². The van der Waals surface area contributed by atoms with Crippen LogP contribution in [-0.4, -0.2) is 33.3 Å². The zero-order valence-corrected chi connectivity index (χ0v) is 16.3. The topological polar surface area (TPSA) is 67.2 Å². The van der Waals surface area contributed by atoms with Gasteiger partial charge in [0.2, 0.25) is 11.8 Å². The molecular formula is C22H24N4O2. The molecule has 2 aromatic heterocycles. The number of nitrogens with one attached hydrogen (secondary N) is 1. The lowest BCUT2D eigenvalue weighted by molar-refractivity contribution is -0.125. The third-order valence-electron chi connectivity index (χ3n) is 4.62. The molecule has 2 amide bonds. The molecule has 6 nitrogen and oxygen atoms in total. The number of fused-ring (bicyclic) bond motifs is 1. The van der Waals surface area contributed by atoms with E-state index < -0.39 is 0 Å². The highest BCUT2D eigenvalue weighted by Crippen LogP contribution is 2.19. The summed E-state index contributed by atoms with van der Waals surface area (Å²) in [7, 11) is 3.79. The van der Waals surface area contributed by atoms with Crippen molar-refractivity contribution in [2.75, 3.05) is 12.4 Å². The lowest BCUT2D eigenvalue weighted by Crippen LogP contribution is -2.25. The van der Waals surface area contributed by atoms with Crippen molar-refractivity contribution in [1.82, 2.24) is 14.5 Å². The van der Waals surface area contributed by atoms with Crippen LogP contribution in [-0.2, 0) is 23.2 Å². The van der Waals surface area contributed by atoms with Crippen LogP contribution in [0.15, 0.2) is 54.7 Å². The zero-order chi connectivity index (χ0) is 20.1. The molecule has 0 fully saturated rings. The summed E-state index contributed by atoms with van der Waals surface area (Å²) < 4.78 is 2.11. The van der Waals surface area contributed by atoms with Crippen molar-refractivity contribution in [3.05, 3.63) is 66.0 Å². The summed E-state index contributed by atoms with van der Waals surface area (Å²) in [6.07, 6.45) is 5.28. The van der Waals surface area contributed by atoms with Crippen LogP contribution in [0.5, 0.6) is 0 Å². The van der Waals surface area contributed by atoms with E-state index in [4.69, 9.17) is 0 Å². The molecule has 0 bridgehead atoms. The lowest BCUT2D eigenvalue weighted by Gasteiger charge is -2.15. The van der Waals surface area contributed by atoms with Crippen molar-refractivity contribution in [3.63, 3.8) is 0 Å². The Bertz CT molecular complexity index is 1020. The minimum Gasteiger partial charge on any atom is -0.346 e. The lowest BCUT2D eigenvalue weighted by atomic mass is 10.2. The Balaban J connectivity index is 1.63. The Kier molecular flexibility index (Phi) is 5.89. The standard InChI is InChI=1S/C22H24N4O2/c1-4-21(27)24-20-11-9-16(14-23-20)10-12-22(28)25(2)15-18-13-17-7-5-6-8-19(17)26(18)3/h5-14H,4,15H2,1-3H3,(H,23,24,27)/b12-10+. The summed E-state index contributed by atoms with van der Waals surface area (Å²) in [6.45, 7) is 2.31. The Morgan fingerprint density at radius 3 is 2.68 bits per heavy atom. The summed E-state index contributed by atoms with van der Waals surface area (Å²) >= 11 is 0. The molecule has 1 N–H and O–H groups in total. The van der Waals surface area contributed by atoms with Gasteiger partial charge in [-0.1, -0.05) is 25.1 Å². The molecule has 0 saturated heterocycles. The number of benzene rings is 1. The normalized spacial score (nSPS) is 11.1. The van der Waals surface area contributed by atoms with E-state index in [0.29, 0.717) is 18.8 Å². The average Bonchev–Trinajstić information content (AvgIpc) is 3.02. The number of para-hydroxylation sites is 1. The number of hydrogen-bond acceptors (Lipinski definition) is 3. The second-order valence-corrected chi connectivity index (χ2v) is 6.66. The van der Waals surface area contributed by atoms with Crippen LogP contribution < -0.4 is 5.32 Å². The predicted molar refractivity (Wildman–Crippen MR) is 112 cm³/mol. The number of aryl methyl sites for hydroxylation is 1. The molecular weight excluding hydrogens is 352 g/mol. The van der Waals surface area contributed by atoms with E-state index in [1.165, 1.54) is 6.08 Å². The van der Waals surface area contributed by atoms with Gasteiger partial charge in [-0.05, 0) is 41.3 Å². The maximum atomic E-state index is 12.5. The fourth-order valence-electron chi connectivity index (χ4n) is 2.92. The van der Waals surface area contributed by atoms with Gasteiger partial charge in [-0.15, -0.1) is 0 Å². The summed E-state index contributed by atoms with van der Waals surface area (Å²) in [5, 5.41) is 3.86. The fraction of sp³-hybridized carbons (Fsp3) is 0.227. The summed E-state index contributed by atoms with van der Waals surface area (Å²) in [5.41, 5.74) is 3.01. The number of nitrogens with zero attached hydrogens (tertiary/aromatic N) is 3. The Hall–Kier alpha value is -3.41. The first-order valence-electron chi connectivity index (χ1n) is 9.20. The van der Waals surface area contributed by atoms with Crippen molar-refractivity contribution in [2.45, 2.75) is 19.9 Å². The maximum absolute atomic E-state index is 12.5. The highest BCUT2D eigenvalue weighted by atomic mass is 16.2. The second kappa shape index (κ2) is 8.52. The van der Waals surface area contributed by atoms with Gasteiger partial charge in [-0.3, -0.25) is 9.59 Å². The fourth-order valence-corrected chi connectivity index (χ4v) is 2.92. The second-order valence-electron chi connectivity index (χ2n) is 6.66. The van der Waals surface area contributed by atoms with Crippen LogP contribution in [0, 0.1) is 0 Å². The number of anilines is 1. The molecule has 28 heavy (non-hydrogen) atoms. The molecule has 0 saturated carbocycles. The molecule has 0 aliphatic carbocycles. The summed E-state index contributed by atoms with van der Waals surface area (Å²) in [5.74, 6) is 0.331. The number of likely N-dealkylation sites (N-methyl/N-ethyl adjacent to an activating group) is 1. The monoisotopic (exact) mass is 376 g/mol. The van der Waals surface area contributed by atoms with E-state index >= 15 is 0 Å². The van der Waals surface area contributed by atoms with E-state index in [1.807, 2.05) is 25.2 Å². The highest BCUT2D eigenvalue weighted by molar-refractivity contribution is 5.92. The molecule has 3 aromatic rings. The first kappa shape index (κ1) is 19.4. The number of hydrogen-bond donors (Lipinski definition) is 1. The molecule has 2 heterocycles. The number of amides is 2. The molecule has 1 aromatic carbocycles. The van der Waals surface area contributed by atoms with Gasteiger partial charge in [0.1, 0.15) is 5.82 Å². The van der Waals surface area contributed by atoms with Gasteiger partial charge < -0.3 is 14.8 Å². The van der Waals surface area contributed by atoms with Gasteiger partial charge in [0.25, 0.3) is 0 Å². The first-order valence-corrected chi connectivity index (χ1v) is 9.20. The molecule has 0 radical (unpaired) electrons. The maximum Gasteiger partial charge on any atom is 0.246 e. The van der Waals surface area contributed by atoms with E-state index in [0.717, 1.165) is 22.2 Å². The largest absolute Gasteiger partial charge is 0.346 e. The average molecular weight is 376 g/mol. The van der Waals surface area contributed by atoms with Gasteiger partial charge in [-0.25, -0.2) is 4.98 Å². The number of pyridine rings is 1. The third kappa shape index (κ3) is 4.46. The zero-order valence-electron chi connectivity index (χ0n) is 16.3. The van der Waals surface area contributed by atoms with E-state index in [9.17, 15) is 9.59 Å². The van der Waals surface area contributed by atoms with E-state index in [-0.39, 0.29) is 11.8 Å². The SMILES string of the molecule is CCC(=O)Nc1ccc(/C=C/C(=O)N(C)Cc2cc3ccccc3n2C)cn1. The molecule has 0 spiro atoms. The Labute approximate surface area is 164 Å². The van der Waals surface area contributed by atoms with Crippen molar-refractivity contribution >= 4 is 34.6 Å². The smallest absolute Gasteiger partial charge is 0.246 e. The summed E-state index contributed by atoms with van der Waals surface area (Å²) in [6, 6.07) is 13.8. The Morgan fingerprint density at radius 2 is 2.00 bits per heavy atom. The van der Waals surface area contributed by atoms with Gasteiger partial charge in [-0.2, -0.15) is 0 Å². The van der Waals surface area contributed by atoms with Crippen molar-refractivity contribution in [1.29, 1.82) is 0 Å². The van der Waals surface area contributed by atoms with Crippen LogP contribution >= 0.6 is 0 Å². The molecule has 0 aliphatic rings. The van der Waals surface area contributed by atoms with Crippen molar-refractivity contribution in [3.8, 4) is 0 Å². The molecule has 0 atom stereocenters. The van der Waals surface area contributed by atoms with Crippen molar-refractivity contribution in [2.24, 2.45) is 7.05 Å². The van der Waals surface area contributed by atoms with Crippen LogP contribution in [0.25, 0.3) is 17.0 Å². The van der Waals surface area contributed by atoms with Crippen LogP contribution in [0.2, 0.25) is 0 Å². The molecule has 3 rings (SSSR count). The third-order valence-corrected chi connectivity index (χ3v) is 4.62. The molecule has 0 aliphatic heterocycles. The van der Waals surface area contributed by atoms with E-state index in [1.54, 1.807) is 37.2 Å². The van der Waals surface area contributed by atoms with Crippen LogP contribution in [0.1, 0.15) is 24.6 Å². The molecule has 6 heteroatoms. The number of aromatic nitrogens is 2. The summed E-state index contributed by atoms with van der Waals surface area (Å²) in [4.78, 5) is 29.7. The minimum atomic E-state index is -0.0892. The van der Waals surface area contributed by atoms with Crippen LogP contribution in [0.4, 0.5) is 5.82 Å². The van der Waals surface area contributed by atoms with Crippen molar-refractivity contribution < 1.29 is 9.59 Å². The highest BCUT2D eigenvalue weighted by Gasteiger charge is 2.10. The number of rotatable bonds is 6. The molecule has 0 unspecified atom stereocenters. The predicted octanol–water partition coefficient (Wildman–Crippen LogP) is 3.59. The number of carbonyl (C=O) groups excluding carboxylic acids is 2. The van der Waals surface area contributed by atoms with Gasteiger partial charge in [0, 0.05) is 44.0 Å². The quantitative estimate of drug-likeness (QED) is 0.669. The number of carbonyl (C=O) groups is 2. The first-order chi connectivity index (χ1) is 13.5. The van der Waals surface area contributed by atoms with Gasteiger partial charge in [0.05, 0.1) is 6.54 Å². The molecule has 144 valence electrons.